The maximum absolute atomic E-state index is 13.1. The van der Waals surface area contributed by atoms with Crippen LogP contribution in [0.15, 0.2) is 70.4 Å². The molecule has 0 aliphatic heterocycles. The van der Waals surface area contributed by atoms with Gasteiger partial charge in [-0.3, -0.25) is 14.3 Å². The third kappa shape index (κ3) is 4.75. The second kappa shape index (κ2) is 8.04. The number of sulfonamides is 1. The summed E-state index contributed by atoms with van der Waals surface area (Å²) in [4.78, 5) is 31.3. The van der Waals surface area contributed by atoms with Crippen LogP contribution in [0.25, 0.3) is 33.2 Å². The van der Waals surface area contributed by atoms with Crippen molar-refractivity contribution < 1.29 is 8.42 Å². The highest BCUT2D eigenvalue weighted by Crippen LogP contribution is 2.33. The first-order valence-electron chi connectivity index (χ1n) is 10.4. The van der Waals surface area contributed by atoms with E-state index >= 15 is 0 Å². The number of aromatic amines is 2. The molecule has 4 aromatic rings. The van der Waals surface area contributed by atoms with Gasteiger partial charge >= 0.3 is 0 Å². The van der Waals surface area contributed by atoms with Crippen LogP contribution in [-0.4, -0.2) is 24.6 Å². The second-order valence-electron chi connectivity index (χ2n) is 9.12. The van der Waals surface area contributed by atoms with E-state index in [0.29, 0.717) is 33.5 Å². The molecular weight excluding hydrogens is 438 g/mol. The zero-order valence-electron chi connectivity index (χ0n) is 18.8. The number of hydrogen-bond acceptors (Lipinski definition) is 4. The fourth-order valence-electron chi connectivity index (χ4n) is 3.78. The molecule has 0 atom stereocenters. The van der Waals surface area contributed by atoms with Crippen molar-refractivity contribution >= 4 is 26.6 Å². The topological polar surface area (TPSA) is 112 Å². The van der Waals surface area contributed by atoms with Gasteiger partial charge in [-0.2, -0.15) is 0 Å². The molecule has 0 saturated heterocycles. The van der Waals surface area contributed by atoms with Gasteiger partial charge in [0.1, 0.15) is 0 Å². The minimum atomic E-state index is -3.45. The summed E-state index contributed by atoms with van der Waals surface area (Å²) < 4.78 is 25.7. The molecular formula is C25H25N3O4S. The number of hydrogen-bond donors (Lipinski definition) is 3. The molecule has 0 bridgehead atoms. The predicted octanol–water partition coefficient (Wildman–Crippen LogP) is 4.22. The number of benzene rings is 2. The quantitative estimate of drug-likeness (QED) is 0.421. The van der Waals surface area contributed by atoms with Crippen LogP contribution in [0, 0.1) is 0 Å². The largest absolute Gasteiger partial charge is 0.329 e. The number of H-pyrrole nitrogens is 2. The van der Waals surface area contributed by atoms with Crippen LogP contribution in [0.5, 0.6) is 0 Å². The molecule has 2 heterocycles. The maximum atomic E-state index is 13.1. The van der Waals surface area contributed by atoms with Crippen molar-refractivity contribution in [3.63, 3.8) is 0 Å². The Labute approximate surface area is 191 Å². The summed E-state index contributed by atoms with van der Waals surface area (Å²) in [5, 5.41) is 0.775. The van der Waals surface area contributed by atoms with Crippen molar-refractivity contribution in [3.05, 3.63) is 87.1 Å². The molecule has 0 aliphatic carbocycles. The highest BCUT2D eigenvalue weighted by Gasteiger charge is 2.19. The zero-order valence-corrected chi connectivity index (χ0v) is 19.6. The minimum absolute atomic E-state index is 0.194. The zero-order chi connectivity index (χ0) is 24.0. The summed E-state index contributed by atoms with van der Waals surface area (Å²) in [6, 6.07) is 15.9. The summed E-state index contributed by atoms with van der Waals surface area (Å²) in [5.41, 5.74) is 3.27. The molecule has 4 rings (SSSR count). The second-order valence-corrected chi connectivity index (χ2v) is 10.9. The van der Waals surface area contributed by atoms with E-state index in [1.165, 1.54) is 0 Å². The molecule has 0 amide bonds. The highest BCUT2D eigenvalue weighted by molar-refractivity contribution is 7.92. The Kier molecular flexibility index (Phi) is 5.49. The summed E-state index contributed by atoms with van der Waals surface area (Å²) >= 11 is 0. The van der Waals surface area contributed by atoms with E-state index < -0.39 is 10.0 Å². The molecule has 7 nitrogen and oxygen atoms in total. The Morgan fingerprint density at radius 2 is 1.61 bits per heavy atom. The van der Waals surface area contributed by atoms with Crippen LogP contribution in [0.4, 0.5) is 5.69 Å². The maximum Gasteiger partial charge on any atom is 0.256 e. The van der Waals surface area contributed by atoms with Crippen molar-refractivity contribution in [2.45, 2.75) is 26.2 Å². The Morgan fingerprint density at radius 1 is 0.848 bits per heavy atom. The molecule has 33 heavy (non-hydrogen) atoms. The Hall–Kier alpha value is -3.65. The van der Waals surface area contributed by atoms with Crippen LogP contribution in [0.1, 0.15) is 26.3 Å². The van der Waals surface area contributed by atoms with Gasteiger partial charge in [-0.1, -0.05) is 32.9 Å². The van der Waals surface area contributed by atoms with Gasteiger partial charge in [0.25, 0.3) is 11.1 Å². The molecule has 0 fully saturated rings. The smallest absolute Gasteiger partial charge is 0.256 e. The first-order chi connectivity index (χ1) is 15.4. The number of aromatic nitrogens is 2. The Balaban J connectivity index is 1.99. The van der Waals surface area contributed by atoms with Gasteiger partial charge in [0.05, 0.1) is 11.8 Å². The Bertz CT molecular complexity index is 1590. The normalized spacial score (nSPS) is 12.1. The van der Waals surface area contributed by atoms with Gasteiger partial charge < -0.3 is 9.97 Å². The lowest BCUT2D eigenvalue weighted by Gasteiger charge is -2.21. The standard InChI is InChI=1S/C25H25N3O4S/c1-25(2,3)17-11-16-13-20(15-7-5-8-18(12-15)28-33(4,31)32)24(30)27-22(16)21(14-17)19-9-6-10-26-23(19)29/h5-14,28H,1-4H3,(H,26,29)(H,27,30). The first kappa shape index (κ1) is 22.5. The van der Waals surface area contributed by atoms with Gasteiger partial charge in [0.15, 0.2) is 0 Å². The van der Waals surface area contributed by atoms with Gasteiger partial charge in [-0.25, -0.2) is 8.42 Å². The van der Waals surface area contributed by atoms with E-state index in [0.717, 1.165) is 17.2 Å². The van der Waals surface area contributed by atoms with Crippen molar-refractivity contribution in [2.75, 3.05) is 11.0 Å². The summed E-state index contributed by atoms with van der Waals surface area (Å²) in [6.07, 6.45) is 2.64. The third-order valence-electron chi connectivity index (χ3n) is 5.40. The fourth-order valence-corrected chi connectivity index (χ4v) is 4.33. The van der Waals surface area contributed by atoms with Gasteiger partial charge in [-0.15, -0.1) is 0 Å². The molecule has 170 valence electrons. The molecule has 8 heteroatoms. The van der Waals surface area contributed by atoms with Crippen LogP contribution < -0.4 is 15.8 Å². The average molecular weight is 464 g/mol. The van der Waals surface area contributed by atoms with Crippen LogP contribution >= 0.6 is 0 Å². The van der Waals surface area contributed by atoms with E-state index in [1.807, 2.05) is 12.1 Å². The molecule has 0 aliphatic rings. The number of nitrogens with one attached hydrogen (secondary N) is 3. The van der Waals surface area contributed by atoms with Crippen LogP contribution in [-0.2, 0) is 15.4 Å². The van der Waals surface area contributed by atoms with E-state index in [2.05, 4.69) is 35.5 Å². The van der Waals surface area contributed by atoms with E-state index in [9.17, 15) is 18.0 Å². The number of anilines is 1. The van der Waals surface area contributed by atoms with Gasteiger partial charge in [-0.05, 0) is 64.4 Å². The lowest BCUT2D eigenvalue weighted by molar-refractivity contribution is 0.591. The number of fused-ring (bicyclic) bond motifs is 1. The lowest BCUT2D eigenvalue weighted by atomic mass is 9.84. The van der Waals surface area contributed by atoms with E-state index in [-0.39, 0.29) is 16.5 Å². The van der Waals surface area contributed by atoms with Gasteiger partial charge in [0, 0.05) is 28.6 Å². The van der Waals surface area contributed by atoms with Crippen molar-refractivity contribution in [2.24, 2.45) is 0 Å². The molecule has 2 aromatic heterocycles. The van der Waals surface area contributed by atoms with Gasteiger partial charge in [0.2, 0.25) is 10.0 Å². The molecule has 3 N–H and O–H groups in total. The summed E-state index contributed by atoms with van der Waals surface area (Å²) in [7, 11) is -3.45. The average Bonchev–Trinajstić information content (AvgIpc) is 2.71. The van der Waals surface area contributed by atoms with Crippen molar-refractivity contribution in [3.8, 4) is 22.3 Å². The Morgan fingerprint density at radius 3 is 2.27 bits per heavy atom. The number of pyridine rings is 2. The number of rotatable bonds is 4. The third-order valence-corrected chi connectivity index (χ3v) is 6.01. The van der Waals surface area contributed by atoms with Crippen molar-refractivity contribution in [1.82, 2.24) is 9.97 Å². The van der Waals surface area contributed by atoms with E-state index in [1.54, 1.807) is 48.7 Å². The molecule has 0 radical (unpaired) electrons. The minimum Gasteiger partial charge on any atom is -0.329 e. The SMILES string of the molecule is CC(C)(C)c1cc(-c2ccc[nH]c2=O)c2[nH]c(=O)c(-c3cccc(NS(C)(=O)=O)c3)cc2c1. The lowest BCUT2D eigenvalue weighted by Crippen LogP contribution is -2.15. The molecule has 0 spiro atoms. The first-order valence-corrected chi connectivity index (χ1v) is 12.3. The highest BCUT2D eigenvalue weighted by atomic mass is 32.2. The summed E-state index contributed by atoms with van der Waals surface area (Å²) in [5.74, 6) is 0. The van der Waals surface area contributed by atoms with Crippen molar-refractivity contribution in [1.29, 1.82) is 0 Å². The molecule has 0 saturated carbocycles. The predicted molar refractivity (Wildman–Crippen MR) is 133 cm³/mol. The van der Waals surface area contributed by atoms with E-state index in [4.69, 9.17) is 0 Å². The van der Waals surface area contributed by atoms with Crippen LogP contribution in [0.3, 0.4) is 0 Å². The summed E-state index contributed by atoms with van der Waals surface area (Å²) in [6.45, 7) is 6.25. The van der Waals surface area contributed by atoms with Crippen LogP contribution in [0.2, 0.25) is 0 Å². The fraction of sp³-hybridized carbons (Fsp3) is 0.200. The molecule has 2 aromatic carbocycles. The molecule has 0 unspecified atom stereocenters. The monoisotopic (exact) mass is 463 g/mol.